The van der Waals surface area contributed by atoms with Crippen molar-refractivity contribution < 1.29 is 113 Å². The number of phenols is 3. The molecule has 7 aromatic rings. The Balaban J connectivity index is 1.04. The molecule has 2 saturated heterocycles. The number of hydrogen-bond donors (Lipinski definition) is 20. The smallest absolute Gasteiger partial charge is 0.248 e. The van der Waals surface area contributed by atoms with Gasteiger partial charge in [0.25, 0.3) is 0 Å². The molecule has 22 N–H and O–H groups in total. The lowest BCUT2D eigenvalue weighted by molar-refractivity contribution is -0.334. The van der Waals surface area contributed by atoms with Gasteiger partial charge < -0.3 is 134 Å². The number of amides is 8. The molecule has 0 aliphatic carbocycles. The third kappa shape index (κ3) is 19.9. The summed E-state index contributed by atoms with van der Waals surface area (Å²) in [5, 5.41) is 131. The van der Waals surface area contributed by atoms with Crippen molar-refractivity contribution >= 4 is 82.1 Å². The maximum Gasteiger partial charge on any atom is 0.248 e. The average Bonchev–Trinajstić information content (AvgIpc) is 0.807. The van der Waals surface area contributed by atoms with E-state index < -0.39 is 220 Å². The largest absolute Gasteiger partial charge is 0.508 e. The Morgan fingerprint density at radius 2 is 1.28 bits per heavy atom. The fourth-order valence-electron chi connectivity index (χ4n) is 15.0. The van der Waals surface area contributed by atoms with Crippen molar-refractivity contribution in [3.8, 4) is 68.2 Å². The second kappa shape index (κ2) is 38.1. The summed E-state index contributed by atoms with van der Waals surface area (Å²) in [7, 11) is 1.48. The van der Waals surface area contributed by atoms with Gasteiger partial charge in [-0.05, 0) is 164 Å². The predicted molar refractivity (Wildman–Crippen MR) is 432 cm³/mol. The molecule has 8 amide bonds. The van der Waals surface area contributed by atoms with E-state index in [2.05, 4.69) is 47.9 Å². The molecule has 0 aromatic heterocycles. The molecule has 7 aromatic carbocycles. The highest BCUT2D eigenvalue weighted by Crippen LogP contribution is 2.50. The average molecular weight is 1720 g/mol. The molecule has 640 valence electrons. The maximum atomic E-state index is 16.3. The predicted octanol–water partition coefficient (Wildman–Crippen LogP) is 4.03. The van der Waals surface area contributed by atoms with Gasteiger partial charge in [0, 0.05) is 47.3 Å². The summed E-state index contributed by atoms with van der Waals surface area (Å²) in [6, 6.07) is 15.4. The summed E-state index contributed by atoms with van der Waals surface area (Å²) in [6.45, 7) is 6.40. The van der Waals surface area contributed by atoms with Gasteiger partial charge in [-0.1, -0.05) is 103 Å². The van der Waals surface area contributed by atoms with Gasteiger partial charge in [-0.2, -0.15) is 0 Å². The SMILES string of the molecule is CN[C@H](CC(C)C)C(=O)N[C@H]1C(=O)N[C@@H](CC(N)=O)C(=O)N[C@H]2C(=O)N[C@H]3C(=O)N[C@@H](C(=O)N[C@H](C(=O)NCCCCN)c4cc(O)cc(O)c4-c4cc3ccc4O)[C@H](O)c3ccc(c(Cl)c3)Oc3cc2cc(c3OC2OC(CO)C(O)C(O)C2OC2CC(C)(NCc3ccc(-c4ccc(Cl)cc4)cc3)C(O)C(C)O2)Oc2ccc(cc2Cl)[C@H]1O. The van der Waals surface area contributed by atoms with Crippen LogP contribution in [0.3, 0.4) is 0 Å². The molecule has 2 fully saturated rings. The summed E-state index contributed by atoms with van der Waals surface area (Å²) in [4.78, 5) is 120. The molecular weight excluding hydrogens is 1630 g/mol. The molecule has 120 heavy (non-hydrogen) atoms. The van der Waals surface area contributed by atoms with Crippen LogP contribution < -0.4 is 73.5 Å². The molecule has 11 bridgehead atoms. The van der Waals surface area contributed by atoms with Crippen LogP contribution in [0, 0.1) is 5.92 Å². The minimum atomic E-state index is -2.35. The normalized spacial score (nSPS) is 26.6. The molecule has 7 heterocycles. The summed E-state index contributed by atoms with van der Waals surface area (Å²) in [5.41, 5.74) is 10.7. The van der Waals surface area contributed by atoms with Crippen LogP contribution in [0.25, 0.3) is 22.3 Å². The molecule has 37 heteroatoms. The number of primary amides is 1. The number of nitrogens with two attached hydrogens (primary N) is 2. The van der Waals surface area contributed by atoms with Gasteiger partial charge in [0.05, 0.1) is 41.3 Å². The van der Waals surface area contributed by atoms with Gasteiger partial charge in [-0.25, -0.2) is 0 Å². The fraction of sp³-hybridized carbons (Fsp3) is 0.398. The lowest BCUT2D eigenvalue weighted by Gasteiger charge is -2.48. The number of unbranched alkanes of at least 4 members (excludes halogenated alkanes) is 1. The first-order valence-corrected chi connectivity index (χ1v) is 39.8. The minimum Gasteiger partial charge on any atom is -0.508 e. The molecule has 14 rings (SSSR count). The van der Waals surface area contributed by atoms with Crippen molar-refractivity contribution in [2.45, 2.75) is 176 Å². The van der Waals surface area contributed by atoms with Crippen molar-refractivity contribution in [3.05, 3.63) is 176 Å². The van der Waals surface area contributed by atoms with E-state index in [4.69, 9.17) is 74.7 Å². The third-order valence-corrected chi connectivity index (χ3v) is 22.3. The number of likely N-dealkylation sites (N-methyl/N-ethyl adjacent to an activating group) is 1. The quantitative estimate of drug-likeness (QED) is 0.0452. The summed E-state index contributed by atoms with van der Waals surface area (Å²) in [5.74, 6) is -14.6. The van der Waals surface area contributed by atoms with E-state index in [0.29, 0.717) is 17.9 Å². The highest BCUT2D eigenvalue weighted by atomic mass is 35.5. The molecule has 18 atom stereocenters. The van der Waals surface area contributed by atoms with Crippen molar-refractivity contribution in [2.75, 3.05) is 26.7 Å². The molecule has 7 aliphatic rings. The van der Waals surface area contributed by atoms with E-state index >= 15 is 24.0 Å². The van der Waals surface area contributed by atoms with Gasteiger partial charge in [0.15, 0.2) is 23.9 Å². The Bertz CT molecular complexity index is 5000. The molecule has 7 aliphatic heterocycles. The van der Waals surface area contributed by atoms with Gasteiger partial charge >= 0.3 is 0 Å². The molecular formula is C83H94Cl3N11O23. The van der Waals surface area contributed by atoms with Crippen LogP contribution in [0.5, 0.6) is 46.0 Å². The van der Waals surface area contributed by atoms with E-state index in [9.17, 15) is 60.3 Å². The summed E-state index contributed by atoms with van der Waals surface area (Å²) >= 11 is 20.6. The second-order valence-corrected chi connectivity index (χ2v) is 31.9. The zero-order valence-electron chi connectivity index (χ0n) is 65.4. The van der Waals surface area contributed by atoms with Crippen molar-refractivity contribution in [3.63, 3.8) is 0 Å². The van der Waals surface area contributed by atoms with Gasteiger partial charge in [0.1, 0.15) is 95.5 Å². The topological polar surface area (TPSA) is 534 Å². The molecule has 9 unspecified atom stereocenters. The summed E-state index contributed by atoms with van der Waals surface area (Å²) < 4.78 is 39.7. The standard InChI is InChI=1S/C83H94Cl3N11O23/c1-36(2)24-51(89-5)75(108)96-66-68(103)42-15-20-55(49(85)26-42)116-57-28-44-29-58(72(57)120-82-73(71(106)70(105)59(35-98)118-82)119-61-33-83(4,74(107)37(3)115-61)91-34-38-8-10-39(11-9-38)40-12-17-45(84)18-13-40)117-56-21-16-43(27-50(56)86)69(104)67-81(114)95-65(77(110)90-23-7-6-22-87)48-30-46(99)31-54(101)62(48)47-25-41(14-19-53(47)100)63(78(111)97-67)94-79(112)64(44)93-76(109)52(32-60(88)102)92-80(66)113/h8-21,25-31,36-37,51-52,59,61,63-71,73-74,82,89,91,98-101,103-107H,6-7,22-24,32-35,87H2,1-5H3,(H2,88,102)(H,90,110)(H,92,113)(H,93,109)(H,94,112)(H,95,114)(H,96,108)(H,97,111)/t37?,51-,52+,59?,61?,63-,64-,65+,66-,67-,68-,69-,70?,71?,73?,74?,82?,83?/m1/s1. The monoisotopic (exact) mass is 1720 g/mol. The molecule has 34 nitrogen and oxygen atoms in total. The van der Waals surface area contributed by atoms with E-state index in [1.807, 2.05) is 50.2 Å². The van der Waals surface area contributed by atoms with Crippen LogP contribution in [-0.4, -0.2) is 199 Å². The molecule has 0 spiro atoms. The maximum absolute atomic E-state index is 16.3. The first-order chi connectivity index (χ1) is 57.1. The zero-order chi connectivity index (χ0) is 86.5. The number of hydrogen-bond acceptors (Lipinski definition) is 26. The van der Waals surface area contributed by atoms with Crippen LogP contribution in [0.4, 0.5) is 0 Å². The number of fused-ring (bicyclic) bond motifs is 15. The van der Waals surface area contributed by atoms with E-state index in [1.165, 1.54) is 31.3 Å². The Morgan fingerprint density at radius 1 is 0.667 bits per heavy atom. The molecule has 0 radical (unpaired) electrons. The van der Waals surface area contributed by atoms with Crippen LogP contribution in [-0.2, 0) is 59.1 Å². The van der Waals surface area contributed by atoms with Crippen LogP contribution in [0.15, 0.2) is 127 Å². The lowest BCUT2D eigenvalue weighted by atomic mass is 9.84. The zero-order valence-corrected chi connectivity index (χ0v) is 67.7. The number of benzene rings is 7. The minimum absolute atomic E-state index is 0.0256. The molecule has 0 saturated carbocycles. The van der Waals surface area contributed by atoms with Crippen molar-refractivity contribution in [1.29, 1.82) is 0 Å². The van der Waals surface area contributed by atoms with E-state index in [0.717, 1.165) is 71.3 Å². The van der Waals surface area contributed by atoms with Crippen LogP contribution in [0.2, 0.25) is 15.1 Å². The number of phenolic OH excluding ortho intramolecular Hbond substituents is 3. The summed E-state index contributed by atoms with van der Waals surface area (Å²) in [6.07, 6.45) is -17.8. The van der Waals surface area contributed by atoms with Crippen LogP contribution >= 0.6 is 34.8 Å². The highest BCUT2D eigenvalue weighted by Gasteiger charge is 2.52. The van der Waals surface area contributed by atoms with E-state index in [1.54, 1.807) is 26.0 Å². The first kappa shape index (κ1) is 88.8. The number of nitrogens with one attached hydrogen (secondary N) is 9. The first-order valence-electron chi connectivity index (χ1n) is 38.7. The Hall–Kier alpha value is -10.5. The Labute approximate surface area is 702 Å². The third-order valence-electron chi connectivity index (χ3n) is 21.5. The van der Waals surface area contributed by atoms with Crippen LogP contribution in [0.1, 0.15) is 124 Å². The van der Waals surface area contributed by atoms with Gasteiger partial charge in [-0.15, -0.1) is 0 Å². The number of carbonyl (C=O) groups excluding carboxylic acids is 8. The Morgan fingerprint density at radius 3 is 1.90 bits per heavy atom. The number of aliphatic hydroxyl groups excluding tert-OH is 6. The number of halogens is 3. The van der Waals surface area contributed by atoms with Crippen molar-refractivity contribution in [2.24, 2.45) is 17.4 Å². The highest BCUT2D eigenvalue weighted by molar-refractivity contribution is 6.32. The fourth-order valence-corrected chi connectivity index (χ4v) is 15.6. The number of aromatic hydroxyl groups is 3. The number of rotatable bonds is 21. The second-order valence-electron chi connectivity index (χ2n) is 30.6. The Kier molecular flexibility index (Phi) is 28.2. The van der Waals surface area contributed by atoms with Gasteiger partial charge in [-0.3, -0.25) is 38.4 Å². The number of ether oxygens (including phenoxy) is 6. The van der Waals surface area contributed by atoms with E-state index in [-0.39, 0.29) is 82.7 Å². The number of aliphatic hydroxyl groups is 6. The van der Waals surface area contributed by atoms with Crippen molar-refractivity contribution in [1.82, 2.24) is 47.9 Å². The van der Waals surface area contributed by atoms with Gasteiger partial charge in [0.2, 0.25) is 59.3 Å². The number of carbonyl (C=O) groups is 8. The lowest BCUT2D eigenvalue weighted by Crippen LogP contribution is -2.65.